The van der Waals surface area contributed by atoms with E-state index in [9.17, 15) is 9.59 Å². The van der Waals surface area contributed by atoms with E-state index in [2.05, 4.69) is 21.2 Å². The van der Waals surface area contributed by atoms with E-state index < -0.39 is 11.9 Å². The minimum absolute atomic E-state index is 0.0263. The highest BCUT2D eigenvalue weighted by Gasteiger charge is 2.21. The number of hydrogen-bond acceptors (Lipinski definition) is 5. The van der Waals surface area contributed by atoms with Crippen LogP contribution >= 0.6 is 0 Å². The Morgan fingerprint density at radius 1 is 1.13 bits per heavy atom. The van der Waals surface area contributed by atoms with E-state index in [4.69, 9.17) is 12.2 Å². The average Bonchev–Trinajstić information content (AvgIpc) is 2.79. The van der Waals surface area contributed by atoms with E-state index in [-0.39, 0.29) is 17.1 Å². The molecule has 2 heterocycles. The fourth-order valence-electron chi connectivity index (χ4n) is 3.53. The SMILES string of the molecule is C#Cc1cccc2cc([C@@H](C)NC(=O)c3nccnc3N)n(-c3ccccc3)c(=O)c12. The Morgan fingerprint density at radius 3 is 2.58 bits per heavy atom. The van der Waals surface area contributed by atoms with Gasteiger partial charge in [0.15, 0.2) is 11.5 Å². The molecule has 1 amide bonds. The molecule has 0 radical (unpaired) electrons. The maximum Gasteiger partial charge on any atom is 0.274 e. The lowest BCUT2D eigenvalue weighted by Gasteiger charge is -2.21. The Hall–Kier alpha value is -4.44. The summed E-state index contributed by atoms with van der Waals surface area (Å²) >= 11 is 0. The van der Waals surface area contributed by atoms with Gasteiger partial charge in [-0.25, -0.2) is 9.97 Å². The number of terminal acetylenes is 1. The molecule has 152 valence electrons. The number of nitrogens with zero attached hydrogens (tertiary/aromatic N) is 3. The van der Waals surface area contributed by atoms with Crippen molar-refractivity contribution in [1.29, 1.82) is 0 Å². The van der Waals surface area contributed by atoms with Crippen molar-refractivity contribution in [3.05, 3.63) is 94.3 Å². The number of benzene rings is 2. The Kier molecular flexibility index (Phi) is 5.21. The van der Waals surface area contributed by atoms with E-state index in [0.29, 0.717) is 27.7 Å². The van der Waals surface area contributed by atoms with E-state index in [1.165, 1.54) is 12.4 Å². The van der Waals surface area contributed by atoms with Gasteiger partial charge in [-0.2, -0.15) is 0 Å². The van der Waals surface area contributed by atoms with Crippen molar-refractivity contribution in [3.8, 4) is 18.0 Å². The lowest BCUT2D eigenvalue weighted by atomic mass is 10.0. The maximum atomic E-state index is 13.6. The smallest absolute Gasteiger partial charge is 0.274 e. The molecule has 0 aliphatic carbocycles. The van der Waals surface area contributed by atoms with Crippen LogP contribution in [0.2, 0.25) is 0 Å². The van der Waals surface area contributed by atoms with E-state index in [1.807, 2.05) is 42.5 Å². The van der Waals surface area contributed by atoms with Crippen LogP contribution in [0.25, 0.3) is 16.5 Å². The van der Waals surface area contributed by atoms with Gasteiger partial charge in [0, 0.05) is 29.3 Å². The molecule has 4 aromatic rings. The van der Waals surface area contributed by atoms with Crippen molar-refractivity contribution in [2.24, 2.45) is 0 Å². The number of rotatable bonds is 4. The average molecular weight is 409 g/mol. The molecule has 1 atom stereocenters. The first kappa shape index (κ1) is 19.9. The Bertz CT molecular complexity index is 1390. The molecule has 7 nitrogen and oxygen atoms in total. The number of pyridine rings is 1. The van der Waals surface area contributed by atoms with Gasteiger partial charge in [-0.1, -0.05) is 36.3 Å². The van der Waals surface area contributed by atoms with Gasteiger partial charge in [0.1, 0.15) is 0 Å². The van der Waals surface area contributed by atoms with Gasteiger partial charge in [-0.05, 0) is 36.6 Å². The quantitative estimate of drug-likeness (QED) is 0.505. The normalized spacial score (nSPS) is 11.6. The van der Waals surface area contributed by atoms with Gasteiger partial charge in [0.05, 0.1) is 11.4 Å². The number of aromatic nitrogens is 3. The maximum absolute atomic E-state index is 13.6. The highest BCUT2D eigenvalue weighted by molar-refractivity contribution is 5.96. The van der Waals surface area contributed by atoms with Crippen LogP contribution in [0.3, 0.4) is 0 Å². The second kappa shape index (κ2) is 8.13. The predicted octanol–water partition coefficient (Wildman–Crippen LogP) is 2.84. The number of amides is 1. The molecule has 0 fully saturated rings. The van der Waals surface area contributed by atoms with Crippen LogP contribution in [0.1, 0.15) is 34.7 Å². The molecule has 2 aromatic heterocycles. The molecule has 31 heavy (non-hydrogen) atoms. The minimum atomic E-state index is -0.541. The number of anilines is 1. The number of hydrogen-bond donors (Lipinski definition) is 2. The molecule has 4 rings (SSSR count). The summed E-state index contributed by atoms with van der Waals surface area (Å²) in [6.45, 7) is 1.79. The zero-order chi connectivity index (χ0) is 22.0. The summed E-state index contributed by atoms with van der Waals surface area (Å²) in [7, 11) is 0. The van der Waals surface area contributed by atoms with Crippen LogP contribution in [-0.4, -0.2) is 20.4 Å². The van der Waals surface area contributed by atoms with E-state index in [1.54, 1.807) is 23.6 Å². The summed E-state index contributed by atoms with van der Waals surface area (Å²) in [5.74, 6) is 2.13. The van der Waals surface area contributed by atoms with Crippen molar-refractivity contribution in [3.63, 3.8) is 0 Å². The number of nitrogens with one attached hydrogen (secondary N) is 1. The van der Waals surface area contributed by atoms with E-state index in [0.717, 1.165) is 0 Å². The fourth-order valence-corrected chi connectivity index (χ4v) is 3.53. The van der Waals surface area contributed by atoms with Gasteiger partial charge in [0.2, 0.25) is 0 Å². The minimum Gasteiger partial charge on any atom is -0.382 e. The fraction of sp³-hybridized carbons (Fsp3) is 0.0833. The van der Waals surface area contributed by atoms with E-state index >= 15 is 0 Å². The largest absolute Gasteiger partial charge is 0.382 e. The molecule has 0 unspecified atom stereocenters. The van der Waals surface area contributed by atoms with Crippen LogP contribution in [-0.2, 0) is 0 Å². The standard InChI is InChI=1S/C24H19N5O2/c1-3-16-8-7-9-17-14-19(15(2)28-23(30)21-22(25)27-13-12-26-21)29(24(31)20(16)17)18-10-5-4-6-11-18/h1,4-15H,2H3,(H2,25,27)(H,28,30)/t15-/m1/s1. The first-order valence-electron chi connectivity index (χ1n) is 9.59. The molecule has 0 aliphatic heterocycles. The zero-order valence-corrected chi connectivity index (χ0v) is 16.7. The van der Waals surface area contributed by atoms with Crippen molar-refractivity contribution < 1.29 is 4.79 Å². The number of carbonyl (C=O) groups is 1. The monoisotopic (exact) mass is 409 g/mol. The number of para-hydroxylation sites is 1. The van der Waals surface area contributed by atoms with Gasteiger partial charge in [-0.3, -0.25) is 14.2 Å². The summed E-state index contributed by atoms with van der Waals surface area (Å²) in [5, 5.41) is 4.01. The molecule has 3 N–H and O–H groups in total. The number of fused-ring (bicyclic) bond motifs is 1. The lowest BCUT2D eigenvalue weighted by Crippen LogP contribution is -2.33. The molecular formula is C24H19N5O2. The van der Waals surface area contributed by atoms with Crippen molar-refractivity contribution >= 4 is 22.5 Å². The summed E-state index contributed by atoms with van der Waals surface area (Å²) < 4.78 is 1.56. The number of nitrogens with two attached hydrogens (primary N) is 1. The Labute approximate surface area is 178 Å². The van der Waals surface area contributed by atoms with Gasteiger partial charge >= 0.3 is 0 Å². The van der Waals surface area contributed by atoms with Crippen molar-refractivity contribution in [1.82, 2.24) is 19.9 Å². The first-order valence-corrected chi connectivity index (χ1v) is 9.59. The highest BCUT2D eigenvalue weighted by Crippen LogP contribution is 2.23. The van der Waals surface area contributed by atoms with Crippen LogP contribution < -0.4 is 16.6 Å². The molecule has 0 spiro atoms. The van der Waals surface area contributed by atoms with Gasteiger partial charge in [-0.15, -0.1) is 6.42 Å². The Balaban J connectivity index is 1.89. The third-order valence-electron chi connectivity index (χ3n) is 4.98. The van der Waals surface area contributed by atoms with Crippen LogP contribution in [0.4, 0.5) is 5.82 Å². The van der Waals surface area contributed by atoms with Crippen LogP contribution in [0.5, 0.6) is 0 Å². The summed E-state index contributed by atoms with van der Waals surface area (Å²) in [5.41, 5.74) is 7.32. The predicted molar refractivity (Wildman–Crippen MR) is 120 cm³/mol. The van der Waals surface area contributed by atoms with Gasteiger partial charge < -0.3 is 11.1 Å². The molecule has 2 aromatic carbocycles. The third kappa shape index (κ3) is 3.63. The zero-order valence-electron chi connectivity index (χ0n) is 16.7. The number of carbonyl (C=O) groups excluding carboxylic acids is 1. The second-order valence-corrected chi connectivity index (χ2v) is 6.94. The summed E-state index contributed by atoms with van der Waals surface area (Å²) in [6, 6.07) is 15.9. The molecular weight excluding hydrogens is 390 g/mol. The summed E-state index contributed by atoms with van der Waals surface area (Å²) in [4.78, 5) is 34.2. The molecule has 0 saturated heterocycles. The topological polar surface area (TPSA) is 103 Å². The Morgan fingerprint density at radius 2 is 1.87 bits per heavy atom. The second-order valence-electron chi connectivity index (χ2n) is 6.94. The lowest BCUT2D eigenvalue weighted by molar-refractivity contribution is 0.0934. The highest BCUT2D eigenvalue weighted by atomic mass is 16.2. The molecule has 7 heteroatoms. The third-order valence-corrected chi connectivity index (χ3v) is 4.98. The van der Waals surface area contributed by atoms with Gasteiger partial charge in [0.25, 0.3) is 11.5 Å². The molecule has 0 aliphatic rings. The first-order chi connectivity index (χ1) is 15.0. The van der Waals surface area contributed by atoms with Crippen LogP contribution in [0.15, 0.2) is 71.8 Å². The number of nitrogen functional groups attached to an aromatic ring is 1. The van der Waals surface area contributed by atoms with Crippen LogP contribution in [0, 0.1) is 12.3 Å². The summed E-state index contributed by atoms with van der Waals surface area (Å²) in [6.07, 6.45) is 8.44. The van der Waals surface area contributed by atoms with Crippen molar-refractivity contribution in [2.45, 2.75) is 13.0 Å². The molecule has 0 bridgehead atoms. The molecule has 0 saturated carbocycles. The van der Waals surface area contributed by atoms with Crippen molar-refractivity contribution in [2.75, 3.05) is 5.73 Å².